The number of hydrogen-bond donors (Lipinski definition) is 1. The van der Waals surface area contributed by atoms with Gasteiger partial charge in [-0.2, -0.15) is 5.10 Å². The molecule has 1 aromatic carbocycles. The number of hydrazone groups is 1. The maximum atomic E-state index is 12.4. The Hall–Kier alpha value is -1.46. The van der Waals surface area contributed by atoms with Crippen molar-refractivity contribution in [3.63, 3.8) is 0 Å². The summed E-state index contributed by atoms with van der Waals surface area (Å²) in [6, 6.07) is 9.94. The number of halogens is 1. The second-order valence-electron chi connectivity index (χ2n) is 6.22. The number of fused-ring (bicyclic) bond motifs is 1. The number of aryl methyl sites for hydroxylation is 1. The number of benzene rings is 1. The Labute approximate surface area is 155 Å². The number of rotatable bonds is 4. The molecule has 0 unspecified atom stereocenters. The minimum absolute atomic E-state index is 0.114. The van der Waals surface area contributed by atoms with Crippen LogP contribution in [0.3, 0.4) is 0 Å². The third-order valence-corrected chi connectivity index (χ3v) is 6.28. The third kappa shape index (κ3) is 3.95. The van der Waals surface area contributed by atoms with Crippen LogP contribution in [0.4, 0.5) is 0 Å². The van der Waals surface area contributed by atoms with Gasteiger partial charge >= 0.3 is 0 Å². The first-order chi connectivity index (χ1) is 11.6. The highest BCUT2D eigenvalue weighted by Gasteiger charge is 2.21. The van der Waals surface area contributed by atoms with Crippen molar-refractivity contribution in [3.05, 3.63) is 55.7 Å². The SMILES string of the molecule is CC[C@H]1CCc2sc(C(=O)N/N=C(/C)c3cccc(Br)c3)cc2C1. The van der Waals surface area contributed by atoms with E-state index in [2.05, 4.69) is 39.4 Å². The first-order valence-electron chi connectivity index (χ1n) is 8.29. The zero-order chi connectivity index (χ0) is 17.1. The molecule has 0 radical (unpaired) electrons. The van der Waals surface area contributed by atoms with Crippen LogP contribution in [-0.4, -0.2) is 11.6 Å². The molecule has 1 aromatic heterocycles. The van der Waals surface area contributed by atoms with Crippen LogP contribution < -0.4 is 5.43 Å². The molecule has 1 heterocycles. The van der Waals surface area contributed by atoms with Crippen LogP contribution >= 0.6 is 27.3 Å². The van der Waals surface area contributed by atoms with Crippen molar-refractivity contribution >= 4 is 38.9 Å². The lowest BCUT2D eigenvalue weighted by atomic mass is 9.87. The van der Waals surface area contributed by atoms with Crippen LogP contribution in [0.1, 0.15) is 52.4 Å². The van der Waals surface area contributed by atoms with Gasteiger partial charge in [0.25, 0.3) is 5.91 Å². The van der Waals surface area contributed by atoms with Crippen LogP contribution in [0.25, 0.3) is 0 Å². The Balaban J connectivity index is 1.69. The van der Waals surface area contributed by atoms with E-state index in [0.29, 0.717) is 0 Å². The summed E-state index contributed by atoms with van der Waals surface area (Å²) in [4.78, 5) is 14.5. The molecule has 1 N–H and O–H groups in total. The van der Waals surface area contributed by atoms with Gasteiger partial charge in [0.2, 0.25) is 0 Å². The molecule has 1 aliphatic carbocycles. The molecule has 126 valence electrons. The lowest BCUT2D eigenvalue weighted by Gasteiger charge is -2.19. The Bertz CT molecular complexity index is 781. The van der Waals surface area contributed by atoms with Gasteiger partial charge < -0.3 is 0 Å². The zero-order valence-electron chi connectivity index (χ0n) is 13.9. The average Bonchev–Trinajstić information content (AvgIpc) is 3.02. The fraction of sp³-hybridized carbons (Fsp3) is 0.368. The van der Waals surface area contributed by atoms with E-state index in [-0.39, 0.29) is 5.91 Å². The number of carbonyl (C=O) groups is 1. The van der Waals surface area contributed by atoms with Crippen molar-refractivity contribution < 1.29 is 4.79 Å². The highest BCUT2D eigenvalue weighted by molar-refractivity contribution is 9.10. The Morgan fingerprint density at radius 1 is 1.42 bits per heavy atom. The standard InChI is InChI=1S/C19H21BrN2OS/c1-3-13-7-8-17-15(9-13)11-18(24-17)19(23)22-21-12(2)14-5-4-6-16(20)10-14/h4-6,10-11,13H,3,7-9H2,1-2H3,(H,22,23)/b21-12-/t13-/m0/s1. The lowest BCUT2D eigenvalue weighted by Crippen LogP contribution is -2.18. The van der Waals surface area contributed by atoms with Gasteiger partial charge in [0.1, 0.15) is 0 Å². The number of hydrogen-bond acceptors (Lipinski definition) is 3. The molecular formula is C19H21BrN2OS. The molecule has 0 aliphatic heterocycles. The summed E-state index contributed by atoms with van der Waals surface area (Å²) in [5.41, 5.74) is 5.83. The van der Waals surface area contributed by atoms with Crippen molar-refractivity contribution in [2.45, 2.75) is 39.5 Å². The van der Waals surface area contributed by atoms with E-state index in [1.54, 1.807) is 11.3 Å². The van der Waals surface area contributed by atoms with Gasteiger partial charge in [-0.1, -0.05) is 41.4 Å². The summed E-state index contributed by atoms with van der Waals surface area (Å²) in [5, 5.41) is 4.25. The summed E-state index contributed by atoms with van der Waals surface area (Å²) >= 11 is 5.07. The van der Waals surface area contributed by atoms with Gasteiger partial charge in [0, 0.05) is 9.35 Å². The molecule has 5 heteroatoms. The van der Waals surface area contributed by atoms with Crippen molar-refractivity contribution in [2.24, 2.45) is 11.0 Å². The van der Waals surface area contributed by atoms with Crippen molar-refractivity contribution in [1.82, 2.24) is 5.43 Å². The largest absolute Gasteiger partial charge is 0.281 e. The van der Waals surface area contributed by atoms with Gasteiger partial charge in [-0.25, -0.2) is 5.43 Å². The number of nitrogens with one attached hydrogen (secondary N) is 1. The van der Waals surface area contributed by atoms with Crippen molar-refractivity contribution in [1.29, 1.82) is 0 Å². The van der Waals surface area contributed by atoms with Crippen LogP contribution in [0, 0.1) is 5.92 Å². The Morgan fingerprint density at radius 3 is 3.00 bits per heavy atom. The van der Waals surface area contributed by atoms with E-state index in [9.17, 15) is 4.79 Å². The topological polar surface area (TPSA) is 41.5 Å². The predicted molar refractivity (Wildman–Crippen MR) is 104 cm³/mol. The Morgan fingerprint density at radius 2 is 2.25 bits per heavy atom. The zero-order valence-corrected chi connectivity index (χ0v) is 16.3. The van der Waals surface area contributed by atoms with Gasteiger partial charge in [0.05, 0.1) is 10.6 Å². The maximum absolute atomic E-state index is 12.4. The molecule has 1 atom stereocenters. The normalized spacial score (nSPS) is 17.5. The number of thiophene rings is 1. The first kappa shape index (κ1) is 17.4. The molecule has 0 saturated carbocycles. The van der Waals surface area contributed by atoms with Crippen LogP contribution in [-0.2, 0) is 12.8 Å². The maximum Gasteiger partial charge on any atom is 0.281 e. The van der Waals surface area contributed by atoms with Gasteiger partial charge in [-0.05, 0) is 61.4 Å². The minimum atomic E-state index is -0.114. The summed E-state index contributed by atoms with van der Waals surface area (Å²) in [6.45, 7) is 4.14. The monoisotopic (exact) mass is 404 g/mol. The second-order valence-corrected chi connectivity index (χ2v) is 8.28. The minimum Gasteiger partial charge on any atom is -0.266 e. The summed E-state index contributed by atoms with van der Waals surface area (Å²) in [7, 11) is 0. The summed E-state index contributed by atoms with van der Waals surface area (Å²) in [6.07, 6.45) is 4.67. The lowest BCUT2D eigenvalue weighted by molar-refractivity contribution is 0.0959. The molecule has 24 heavy (non-hydrogen) atoms. The van der Waals surface area contributed by atoms with Crippen molar-refractivity contribution in [2.75, 3.05) is 0 Å². The van der Waals surface area contributed by atoms with Gasteiger partial charge in [0.15, 0.2) is 0 Å². The highest BCUT2D eigenvalue weighted by atomic mass is 79.9. The number of nitrogens with zero attached hydrogens (tertiary/aromatic N) is 1. The van der Waals surface area contributed by atoms with E-state index in [4.69, 9.17) is 0 Å². The van der Waals surface area contributed by atoms with Gasteiger partial charge in [-0.15, -0.1) is 11.3 Å². The fourth-order valence-electron chi connectivity index (χ4n) is 3.03. The molecule has 0 saturated heterocycles. The summed E-state index contributed by atoms with van der Waals surface area (Å²) < 4.78 is 0.997. The molecule has 0 bridgehead atoms. The molecular weight excluding hydrogens is 384 g/mol. The number of carbonyl (C=O) groups excluding carboxylic acids is 1. The highest BCUT2D eigenvalue weighted by Crippen LogP contribution is 2.33. The molecule has 0 spiro atoms. The smallest absolute Gasteiger partial charge is 0.266 e. The van der Waals surface area contributed by atoms with E-state index < -0.39 is 0 Å². The van der Waals surface area contributed by atoms with Crippen LogP contribution in [0.5, 0.6) is 0 Å². The van der Waals surface area contributed by atoms with Gasteiger partial charge in [-0.3, -0.25) is 4.79 Å². The van der Waals surface area contributed by atoms with Crippen molar-refractivity contribution in [3.8, 4) is 0 Å². The Kier molecular flexibility index (Phi) is 5.51. The molecule has 3 rings (SSSR count). The molecule has 0 fully saturated rings. The second kappa shape index (κ2) is 7.62. The van der Waals surface area contributed by atoms with E-state index in [1.165, 1.54) is 23.3 Å². The molecule has 1 amide bonds. The van der Waals surface area contributed by atoms with E-state index in [1.807, 2.05) is 31.2 Å². The van der Waals surface area contributed by atoms with E-state index in [0.717, 1.165) is 39.4 Å². The quantitative estimate of drug-likeness (QED) is 0.553. The molecule has 2 aromatic rings. The van der Waals surface area contributed by atoms with Crippen LogP contribution in [0.15, 0.2) is 39.9 Å². The average molecular weight is 405 g/mol. The first-order valence-corrected chi connectivity index (χ1v) is 9.90. The molecule has 1 aliphatic rings. The van der Waals surface area contributed by atoms with E-state index >= 15 is 0 Å². The third-order valence-electron chi connectivity index (χ3n) is 4.55. The predicted octanol–water partition coefficient (Wildman–Crippen LogP) is 5.18. The molecule has 3 nitrogen and oxygen atoms in total. The fourth-order valence-corrected chi connectivity index (χ4v) is 4.52. The number of amides is 1. The summed E-state index contributed by atoms with van der Waals surface area (Å²) in [5.74, 6) is 0.650. The van der Waals surface area contributed by atoms with Crippen LogP contribution in [0.2, 0.25) is 0 Å².